The van der Waals surface area contributed by atoms with Gasteiger partial charge in [0.25, 0.3) is 20.8 Å². The van der Waals surface area contributed by atoms with Crippen molar-refractivity contribution < 1.29 is 61.7 Å². The van der Waals surface area contributed by atoms with E-state index in [1.54, 1.807) is 54.9 Å². The Morgan fingerprint density at radius 3 is 1.42 bits per heavy atom. The summed E-state index contributed by atoms with van der Waals surface area (Å²) in [4.78, 5) is 19.4. The van der Waals surface area contributed by atoms with Gasteiger partial charge in [0.2, 0.25) is 33.3 Å². The molecule has 0 saturated carbocycles. The Morgan fingerprint density at radius 2 is 1.00 bits per heavy atom. The van der Waals surface area contributed by atoms with Crippen molar-refractivity contribution in [3.8, 4) is 57.7 Å². The number of rotatable bonds is 13. The van der Waals surface area contributed by atoms with E-state index in [4.69, 9.17) is 19.7 Å². The summed E-state index contributed by atoms with van der Waals surface area (Å²) in [6, 6.07) is 22.8. The molecule has 0 amide bonds. The number of aryl methyl sites for hydroxylation is 2. The first-order valence-corrected chi connectivity index (χ1v) is 24.8. The van der Waals surface area contributed by atoms with Crippen molar-refractivity contribution in [3.63, 3.8) is 0 Å². The van der Waals surface area contributed by atoms with Gasteiger partial charge in [-0.15, -0.1) is 36.5 Å². The molecule has 1 aliphatic heterocycles. The summed E-state index contributed by atoms with van der Waals surface area (Å²) in [5.74, 6) is 0.853. The molecule has 0 aliphatic carbocycles. The van der Waals surface area contributed by atoms with Crippen LogP contribution in [0.25, 0.3) is 46.2 Å². The molecule has 0 atom stereocenters. The second kappa shape index (κ2) is 20.5. The molecule has 378 valence electrons. The van der Waals surface area contributed by atoms with E-state index in [0.717, 1.165) is 29.8 Å². The van der Waals surface area contributed by atoms with E-state index in [0.29, 0.717) is 54.5 Å². The molecule has 0 radical (unpaired) electrons. The Hall–Kier alpha value is -7.27. The van der Waals surface area contributed by atoms with E-state index < -0.39 is 31.8 Å². The minimum atomic E-state index is -4.79. The van der Waals surface area contributed by atoms with Crippen molar-refractivity contribution in [1.82, 2.24) is 59.0 Å². The van der Waals surface area contributed by atoms with Gasteiger partial charge in [-0.05, 0) is 105 Å². The summed E-state index contributed by atoms with van der Waals surface area (Å²) in [5.41, 5.74) is 2.16. The topological polar surface area (TPSA) is 232 Å². The summed E-state index contributed by atoms with van der Waals surface area (Å²) in [6.45, 7) is 6.11. The first-order chi connectivity index (χ1) is 34.0. The van der Waals surface area contributed by atoms with Crippen molar-refractivity contribution in [2.75, 3.05) is 33.2 Å². The third-order valence-electron chi connectivity index (χ3n) is 10.5. The van der Waals surface area contributed by atoms with Gasteiger partial charge in [0.15, 0.2) is 0 Å². The normalized spacial score (nSPS) is 14.0. The monoisotopic (exact) mass is 1060 g/mol. The van der Waals surface area contributed by atoms with Crippen LogP contribution < -0.4 is 9.47 Å². The van der Waals surface area contributed by atoms with Gasteiger partial charge in [-0.3, -0.25) is 0 Å². The fraction of sp³-hybridized carbons (Fsp3) is 0.256. The predicted octanol–water partition coefficient (Wildman–Crippen LogP) is 7.36. The van der Waals surface area contributed by atoms with Crippen molar-refractivity contribution in [2.45, 2.75) is 49.5 Å². The number of aromatic nitrogens is 10. The van der Waals surface area contributed by atoms with Crippen LogP contribution >= 0.6 is 10.7 Å². The largest absolute Gasteiger partial charge is 0.573 e. The molecule has 8 aromatic rings. The molecule has 1 aliphatic rings. The number of halogens is 7. The smallest absolute Gasteiger partial charge is 0.406 e. The molecule has 0 unspecified atom stereocenters. The van der Waals surface area contributed by atoms with Crippen LogP contribution in [-0.2, 0) is 32.2 Å². The Morgan fingerprint density at radius 1 is 0.583 bits per heavy atom. The zero-order valence-electron chi connectivity index (χ0n) is 37.6. The predicted molar refractivity (Wildman–Crippen MR) is 241 cm³/mol. The fourth-order valence-corrected chi connectivity index (χ4v) is 9.23. The Balaban J connectivity index is 0.000000195. The summed E-state index contributed by atoms with van der Waals surface area (Å²) >= 11 is 0. The van der Waals surface area contributed by atoms with Gasteiger partial charge in [0, 0.05) is 48.0 Å². The highest BCUT2D eigenvalue weighted by molar-refractivity contribution is 8.13. The minimum absolute atomic E-state index is 0.000412. The van der Waals surface area contributed by atoms with Crippen LogP contribution in [0, 0.1) is 13.8 Å². The lowest BCUT2D eigenvalue weighted by molar-refractivity contribution is -0.275. The van der Waals surface area contributed by atoms with Crippen LogP contribution in [0.5, 0.6) is 11.5 Å². The third kappa shape index (κ3) is 12.8. The van der Waals surface area contributed by atoms with Gasteiger partial charge in [0.05, 0.1) is 22.9 Å². The number of likely N-dealkylation sites (N-methyl/N-ethyl adjacent to an activating group) is 1. The van der Waals surface area contributed by atoms with Crippen molar-refractivity contribution in [1.29, 1.82) is 0 Å². The number of piperazine rings is 1. The van der Waals surface area contributed by atoms with E-state index in [1.807, 2.05) is 7.05 Å². The van der Waals surface area contributed by atoms with Crippen LogP contribution in [0.4, 0.5) is 26.3 Å². The molecular weight excluding hydrogens is 1030 g/mol. The zero-order chi connectivity index (χ0) is 51.6. The highest BCUT2D eigenvalue weighted by Gasteiger charge is 2.32. The average molecular weight is 1060 g/mol. The molecule has 29 heteroatoms. The lowest BCUT2D eigenvalue weighted by atomic mass is 10.2. The standard InChI is InChI=1S/C24H24F3N7O4S.C19H13ClF3N5O4S/c1-16-28-22(23-29-21(31-38-23)18-6-8-19(9-7-18)37-24(25,26)27)30-34(16)15-17-4-3-5-20(14-17)39(35,36)33-12-10-32(2)11-13-33;1-11-24-17(26-28(11)10-12-3-2-4-15(9-12)33(20,29)30)18-25-16(27-32-18)13-5-7-14(8-6-13)31-19(21,22)23/h3-9,14H,10-13,15H2,1-2H3;2-9H,10H2,1H3. The second-order valence-electron chi connectivity index (χ2n) is 15.7. The van der Waals surface area contributed by atoms with E-state index in [-0.39, 0.29) is 69.5 Å². The molecule has 0 N–H and O–H groups in total. The van der Waals surface area contributed by atoms with Crippen molar-refractivity contribution in [3.05, 3.63) is 120 Å². The maximum Gasteiger partial charge on any atom is 0.573 e. The molecule has 1 saturated heterocycles. The SMILES string of the molecule is Cc1nc(-c2nc(-c3ccc(OC(F)(F)F)cc3)no2)nn1Cc1cccc(S(=O)(=O)Cl)c1.Cc1nc(-c2nc(-c3ccc(OC(F)(F)F)cc3)no2)nn1Cc1cccc(S(=O)(=O)N2CCN(C)CC2)c1. The van der Waals surface area contributed by atoms with Gasteiger partial charge in [-0.25, -0.2) is 36.2 Å². The van der Waals surface area contributed by atoms with E-state index in [9.17, 15) is 43.2 Å². The van der Waals surface area contributed by atoms with Crippen LogP contribution in [0.2, 0.25) is 0 Å². The summed E-state index contributed by atoms with van der Waals surface area (Å²) < 4.78 is 146. The molecule has 1 fully saturated rings. The Labute approximate surface area is 409 Å². The molecule has 0 bridgehead atoms. The molecule has 72 heavy (non-hydrogen) atoms. The van der Waals surface area contributed by atoms with Crippen molar-refractivity contribution >= 4 is 29.8 Å². The zero-order valence-corrected chi connectivity index (χ0v) is 40.0. The number of hydrogen-bond donors (Lipinski definition) is 0. The number of benzene rings is 4. The van der Waals surface area contributed by atoms with Gasteiger partial charge in [0.1, 0.15) is 23.1 Å². The Bertz CT molecular complexity index is 3410. The first kappa shape index (κ1) is 51.1. The first-order valence-electron chi connectivity index (χ1n) is 21.0. The Kier molecular flexibility index (Phi) is 14.5. The van der Waals surface area contributed by atoms with Crippen LogP contribution in [0.1, 0.15) is 22.8 Å². The van der Waals surface area contributed by atoms with Gasteiger partial charge < -0.3 is 23.4 Å². The molecule has 0 spiro atoms. The number of nitrogens with zero attached hydrogens (tertiary/aromatic N) is 12. The van der Waals surface area contributed by atoms with Crippen LogP contribution in [0.15, 0.2) is 116 Å². The molecule has 5 heterocycles. The third-order valence-corrected chi connectivity index (χ3v) is 13.7. The highest BCUT2D eigenvalue weighted by atomic mass is 35.7. The highest BCUT2D eigenvalue weighted by Crippen LogP contribution is 2.29. The maximum absolute atomic E-state index is 13.1. The van der Waals surface area contributed by atoms with E-state index in [1.165, 1.54) is 45.4 Å². The number of ether oxygens (including phenoxy) is 2. The molecule has 4 aromatic heterocycles. The van der Waals surface area contributed by atoms with Gasteiger partial charge in [-0.1, -0.05) is 34.6 Å². The summed E-state index contributed by atoms with van der Waals surface area (Å²) in [5, 5.41) is 16.4. The number of sulfonamides is 1. The minimum Gasteiger partial charge on any atom is -0.406 e. The fourth-order valence-electron chi connectivity index (χ4n) is 6.92. The van der Waals surface area contributed by atoms with Crippen molar-refractivity contribution in [2.24, 2.45) is 0 Å². The average Bonchev–Trinajstić information content (AvgIpc) is 4.15. The lowest BCUT2D eigenvalue weighted by Gasteiger charge is -2.31. The quantitative estimate of drug-likeness (QED) is 0.0810. The maximum atomic E-state index is 13.1. The summed E-state index contributed by atoms with van der Waals surface area (Å²) in [7, 11) is -0.137. The van der Waals surface area contributed by atoms with Gasteiger partial charge >= 0.3 is 12.7 Å². The molecule has 9 rings (SSSR count). The molecule has 4 aromatic carbocycles. The van der Waals surface area contributed by atoms with Crippen LogP contribution in [0.3, 0.4) is 0 Å². The number of alkyl halides is 6. The summed E-state index contributed by atoms with van der Waals surface area (Å²) in [6.07, 6.45) is -9.58. The van der Waals surface area contributed by atoms with Gasteiger partial charge in [-0.2, -0.15) is 14.3 Å². The van der Waals surface area contributed by atoms with Crippen LogP contribution in [-0.4, -0.2) is 122 Å². The van der Waals surface area contributed by atoms with E-state index in [2.05, 4.69) is 54.8 Å². The number of hydrogen-bond acceptors (Lipinski definition) is 17. The molecule has 20 nitrogen and oxygen atoms in total. The molecular formula is C43H37ClF6N12O8S2. The lowest BCUT2D eigenvalue weighted by Crippen LogP contribution is -2.47. The van der Waals surface area contributed by atoms with E-state index >= 15 is 0 Å². The second-order valence-corrected chi connectivity index (χ2v) is 20.2.